The highest BCUT2D eigenvalue weighted by atomic mass is 14.8. The van der Waals surface area contributed by atoms with Crippen LogP contribution >= 0.6 is 0 Å². The molecule has 0 amide bonds. The SMILES string of the molecule is CC(C)C(C)CCCCCCNCCCCC1C#CCCCCC1. The van der Waals surface area contributed by atoms with E-state index in [1.165, 1.54) is 90.1 Å². The van der Waals surface area contributed by atoms with Gasteiger partial charge in [0, 0.05) is 12.3 Å². The van der Waals surface area contributed by atoms with Crippen molar-refractivity contribution in [3.63, 3.8) is 0 Å². The average molecular weight is 334 g/mol. The number of hydrogen-bond donors (Lipinski definition) is 1. The smallest absolute Gasteiger partial charge is 0.0202 e. The van der Waals surface area contributed by atoms with Gasteiger partial charge in [0.15, 0.2) is 0 Å². The molecular weight excluding hydrogens is 290 g/mol. The predicted octanol–water partition coefficient (Wildman–Crippen LogP) is 6.57. The molecule has 24 heavy (non-hydrogen) atoms. The highest BCUT2D eigenvalue weighted by Gasteiger charge is 2.07. The molecule has 0 saturated heterocycles. The van der Waals surface area contributed by atoms with Crippen molar-refractivity contribution < 1.29 is 0 Å². The molecule has 0 saturated carbocycles. The second-order valence-electron chi connectivity index (χ2n) is 8.29. The summed E-state index contributed by atoms with van der Waals surface area (Å²) in [6.07, 6.45) is 17.6. The van der Waals surface area contributed by atoms with E-state index >= 15 is 0 Å². The zero-order valence-corrected chi connectivity index (χ0v) is 16.8. The normalized spacial score (nSPS) is 19.4. The molecule has 1 nitrogen and oxygen atoms in total. The van der Waals surface area contributed by atoms with E-state index < -0.39 is 0 Å². The van der Waals surface area contributed by atoms with Gasteiger partial charge < -0.3 is 5.32 Å². The molecule has 2 unspecified atom stereocenters. The van der Waals surface area contributed by atoms with Gasteiger partial charge in [-0.15, -0.1) is 5.92 Å². The van der Waals surface area contributed by atoms with Crippen LogP contribution in [0.25, 0.3) is 0 Å². The minimum Gasteiger partial charge on any atom is -0.317 e. The summed E-state index contributed by atoms with van der Waals surface area (Å²) in [6, 6.07) is 0. The Morgan fingerprint density at radius 2 is 1.62 bits per heavy atom. The van der Waals surface area contributed by atoms with Crippen molar-refractivity contribution in [1.82, 2.24) is 5.32 Å². The van der Waals surface area contributed by atoms with Crippen molar-refractivity contribution in [1.29, 1.82) is 0 Å². The van der Waals surface area contributed by atoms with E-state index in [1.807, 2.05) is 0 Å². The molecule has 0 fully saturated rings. The van der Waals surface area contributed by atoms with Gasteiger partial charge in [-0.3, -0.25) is 0 Å². The Morgan fingerprint density at radius 1 is 0.875 bits per heavy atom. The fraction of sp³-hybridized carbons (Fsp3) is 0.913. The van der Waals surface area contributed by atoms with E-state index in [2.05, 4.69) is 37.9 Å². The van der Waals surface area contributed by atoms with E-state index in [9.17, 15) is 0 Å². The molecule has 0 radical (unpaired) electrons. The Balaban J connectivity index is 1.83. The lowest BCUT2D eigenvalue weighted by Crippen LogP contribution is -2.16. The molecule has 2 atom stereocenters. The van der Waals surface area contributed by atoms with Crippen LogP contribution in [-0.4, -0.2) is 13.1 Å². The van der Waals surface area contributed by atoms with Gasteiger partial charge in [-0.2, -0.15) is 0 Å². The van der Waals surface area contributed by atoms with Crippen molar-refractivity contribution in [2.75, 3.05) is 13.1 Å². The van der Waals surface area contributed by atoms with Crippen LogP contribution in [-0.2, 0) is 0 Å². The summed E-state index contributed by atoms with van der Waals surface area (Å²) in [6.45, 7) is 9.50. The van der Waals surface area contributed by atoms with Crippen molar-refractivity contribution >= 4 is 0 Å². The van der Waals surface area contributed by atoms with Crippen molar-refractivity contribution in [3.8, 4) is 11.8 Å². The third-order valence-electron chi connectivity index (χ3n) is 5.72. The summed E-state index contributed by atoms with van der Waals surface area (Å²) >= 11 is 0. The molecule has 1 heteroatoms. The molecule has 0 aromatic rings. The van der Waals surface area contributed by atoms with Gasteiger partial charge in [0.2, 0.25) is 0 Å². The largest absolute Gasteiger partial charge is 0.317 e. The zero-order chi connectivity index (χ0) is 17.5. The number of nitrogens with one attached hydrogen (secondary N) is 1. The Bertz CT molecular complexity index is 336. The first-order chi connectivity index (χ1) is 11.7. The fourth-order valence-electron chi connectivity index (χ4n) is 3.46. The Kier molecular flexibility index (Phi) is 13.3. The van der Waals surface area contributed by atoms with Crippen molar-refractivity contribution in [3.05, 3.63) is 0 Å². The number of unbranched alkanes of at least 4 members (excludes halogenated alkanes) is 4. The van der Waals surface area contributed by atoms with Gasteiger partial charge in [0.25, 0.3) is 0 Å². The van der Waals surface area contributed by atoms with Crippen LogP contribution in [0.5, 0.6) is 0 Å². The molecule has 0 bridgehead atoms. The molecule has 1 rings (SSSR count). The monoisotopic (exact) mass is 333 g/mol. The lowest BCUT2D eigenvalue weighted by molar-refractivity contribution is 0.374. The molecule has 0 spiro atoms. The van der Waals surface area contributed by atoms with Crippen LogP contribution in [0.3, 0.4) is 0 Å². The highest BCUT2D eigenvalue weighted by molar-refractivity contribution is 5.04. The molecule has 1 N–H and O–H groups in total. The predicted molar refractivity (Wildman–Crippen MR) is 108 cm³/mol. The summed E-state index contributed by atoms with van der Waals surface area (Å²) in [4.78, 5) is 0. The quantitative estimate of drug-likeness (QED) is 0.297. The van der Waals surface area contributed by atoms with Gasteiger partial charge in [0.1, 0.15) is 0 Å². The summed E-state index contributed by atoms with van der Waals surface area (Å²) in [5, 5.41) is 3.63. The van der Waals surface area contributed by atoms with E-state index in [0.717, 1.165) is 18.3 Å². The van der Waals surface area contributed by atoms with E-state index in [-0.39, 0.29) is 0 Å². The third-order valence-corrected chi connectivity index (χ3v) is 5.72. The maximum absolute atomic E-state index is 3.63. The van der Waals surface area contributed by atoms with Crippen molar-refractivity contribution in [2.24, 2.45) is 17.8 Å². The maximum Gasteiger partial charge on any atom is 0.0202 e. The molecule has 1 aliphatic carbocycles. The van der Waals surface area contributed by atoms with Crippen molar-refractivity contribution in [2.45, 2.75) is 104 Å². The lowest BCUT2D eigenvalue weighted by atomic mass is 9.92. The van der Waals surface area contributed by atoms with Crippen LogP contribution in [0.1, 0.15) is 104 Å². The molecule has 0 aromatic heterocycles. The second kappa shape index (κ2) is 14.8. The molecule has 0 aliphatic heterocycles. The van der Waals surface area contributed by atoms with Gasteiger partial charge in [0.05, 0.1) is 0 Å². The molecular formula is C23H43N. The number of rotatable bonds is 13. The molecule has 0 heterocycles. The first-order valence-electron chi connectivity index (χ1n) is 10.9. The second-order valence-corrected chi connectivity index (χ2v) is 8.29. The summed E-state index contributed by atoms with van der Waals surface area (Å²) in [7, 11) is 0. The zero-order valence-electron chi connectivity index (χ0n) is 16.8. The van der Waals surface area contributed by atoms with E-state index in [4.69, 9.17) is 0 Å². The summed E-state index contributed by atoms with van der Waals surface area (Å²) in [5.41, 5.74) is 0. The Labute approximate surface area is 152 Å². The first kappa shape index (κ1) is 21.6. The minimum atomic E-state index is 0.693. The van der Waals surface area contributed by atoms with Crippen LogP contribution in [0.2, 0.25) is 0 Å². The average Bonchev–Trinajstić information content (AvgIpc) is 2.53. The van der Waals surface area contributed by atoms with Crippen LogP contribution < -0.4 is 5.32 Å². The Hall–Kier alpha value is -0.480. The minimum absolute atomic E-state index is 0.693. The topological polar surface area (TPSA) is 12.0 Å². The van der Waals surface area contributed by atoms with Crippen LogP contribution in [0.4, 0.5) is 0 Å². The van der Waals surface area contributed by atoms with E-state index in [1.54, 1.807) is 0 Å². The van der Waals surface area contributed by atoms with Crippen LogP contribution in [0, 0.1) is 29.6 Å². The summed E-state index contributed by atoms with van der Waals surface area (Å²) in [5.74, 6) is 9.30. The van der Waals surface area contributed by atoms with Gasteiger partial charge in [-0.1, -0.05) is 71.6 Å². The van der Waals surface area contributed by atoms with Gasteiger partial charge in [-0.25, -0.2) is 0 Å². The molecule has 1 aliphatic rings. The van der Waals surface area contributed by atoms with Crippen LogP contribution in [0.15, 0.2) is 0 Å². The van der Waals surface area contributed by atoms with Gasteiger partial charge in [-0.05, 0) is 57.0 Å². The molecule has 0 aromatic carbocycles. The fourth-order valence-corrected chi connectivity index (χ4v) is 3.46. The Morgan fingerprint density at radius 3 is 2.42 bits per heavy atom. The maximum atomic E-state index is 3.63. The highest BCUT2D eigenvalue weighted by Crippen LogP contribution is 2.19. The molecule has 140 valence electrons. The standard InChI is InChI=1S/C23H43N/c1-21(2)22(3)15-9-7-8-13-19-24-20-14-12-18-23-16-10-5-4-6-11-17-23/h21-24H,4-10,12-16,18-20H2,1-3H3. The third kappa shape index (κ3) is 12.0. The van der Waals surface area contributed by atoms with Gasteiger partial charge >= 0.3 is 0 Å². The number of hydrogen-bond acceptors (Lipinski definition) is 1. The first-order valence-corrected chi connectivity index (χ1v) is 10.9. The van der Waals surface area contributed by atoms with E-state index in [0.29, 0.717) is 5.92 Å². The summed E-state index contributed by atoms with van der Waals surface area (Å²) < 4.78 is 0. The lowest BCUT2D eigenvalue weighted by Gasteiger charge is -2.14.